The van der Waals surface area contributed by atoms with Crippen molar-refractivity contribution in [3.05, 3.63) is 58.9 Å². The van der Waals surface area contributed by atoms with Gasteiger partial charge in [0.15, 0.2) is 0 Å². The molecule has 3 aromatic rings. The van der Waals surface area contributed by atoms with Gasteiger partial charge in [0.05, 0.1) is 26.8 Å². The molecule has 0 radical (unpaired) electrons. The van der Waals surface area contributed by atoms with Crippen LogP contribution in [0, 0.1) is 20.8 Å². The molecule has 0 aliphatic rings. The van der Waals surface area contributed by atoms with E-state index in [0.29, 0.717) is 0 Å². The number of pyridine rings is 1. The molecule has 0 atom stereocenters. The third-order valence-electron chi connectivity index (χ3n) is 4.29. The van der Waals surface area contributed by atoms with Crippen molar-refractivity contribution in [1.82, 2.24) is 9.38 Å². The second-order valence-corrected chi connectivity index (χ2v) is 7.59. The minimum atomic E-state index is 0.875. The highest BCUT2D eigenvalue weighted by molar-refractivity contribution is 5.68. The van der Waals surface area contributed by atoms with Gasteiger partial charge >= 0.3 is 0 Å². The van der Waals surface area contributed by atoms with Crippen LogP contribution >= 0.6 is 0 Å². The van der Waals surface area contributed by atoms with Crippen LogP contribution < -0.4 is 0 Å². The topological polar surface area (TPSA) is 17.3 Å². The highest BCUT2D eigenvalue weighted by Gasteiger charge is 2.20. The van der Waals surface area contributed by atoms with E-state index in [1.54, 1.807) is 0 Å². The van der Waals surface area contributed by atoms with Crippen molar-refractivity contribution in [1.29, 1.82) is 0 Å². The molecule has 120 valence electrons. The molecule has 1 aromatic carbocycles. The maximum absolute atomic E-state index is 4.95. The van der Waals surface area contributed by atoms with E-state index >= 15 is 0 Å². The molecule has 0 aliphatic heterocycles. The lowest BCUT2D eigenvalue weighted by Crippen LogP contribution is -2.34. The molecule has 2 aromatic heterocycles. The molecule has 23 heavy (non-hydrogen) atoms. The Balaban J connectivity index is 2.25. The van der Waals surface area contributed by atoms with Gasteiger partial charge in [0.2, 0.25) is 0 Å². The van der Waals surface area contributed by atoms with Crippen molar-refractivity contribution in [3.8, 4) is 11.3 Å². The van der Waals surface area contributed by atoms with Crippen LogP contribution in [-0.2, 0) is 6.54 Å². The number of hydrogen-bond acceptors (Lipinski definition) is 1. The maximum atomic E-state index is 4.95. The monoisotopic (exact) mass is 308 g/mol. The Morgan fingerprint density at radius 1 is 0.957 bits per heavy atom. The average Bonchev–Trinajstić information content (AvgIpc) is 2.78. The SMILES string of the molecule is Cc1ccn2c(C[N+](C)(C)C)c(-c3ccc(C)c(C)c3)nc2c1. The standard InChI is InChI=1S/C20H26N3/c1-14-9-10-22-18(13-23(4,5)6)20(21-19(22)11-14)17-8-7-15(2)16(3)12-17/h7-12H,13H2,1-6H3/q+1. The highest BCUT2D eigenvalue weighted by atomic mass is 15.3. The number of quaternary nitrogens is 1. The molecule has 0 amide bonds. The fraction of sp³-hybridized carbons (Fsp3) is 0.350. The van der Waals surface area contributed by atoms with Gasteiger partial charge in [-0.25, -0.2) is 4.98 Å². The van der Waals surface area contributed by atoms with E-state index in [1.807, 2.05) is 0 Å². The lowest BCUT2D eigenvalue weighted by molar-refractivity contribution is -0.884. The summed E-state index contributed by atoms with van der Waals surface area (Å²) in [5.41, 5.74) is 8.49. The van der Waals surface area contributed by atoms with Crippen LogP contribution in [0.1, 0.15) is 22.4 Å². The van der Waals surface area contributed by atoms with Crippen LogP contribution in [-0.4, -0.2) is 35.0 Å². The molecular formula is C20H26N3+. The summed E-state index contributed by atoms with van der Waals surface area (Å²) in [5, 5.41) is 0. The quantitative estimate of drug-likeness (QED) is 0.665. The zero-order chi connectivity index (χ0) is 16.8. The molecule has 3 nitrogen and oxygen atoms in total. The number of nitrogens with zero attached hydrogens (tertiary/aromatic N) is 3. The Morgan fingerprint density at radius 2 is 1.70 bits per heavy atom. The lowest BCUT2D eigenvalue weighted by Gasteiger charge is -2.24. The summed E-state index contributed by atoms with van der Waals surface area (Å²) in [6, 6.07) is 10.9. The van der Waals surface area contributed by atoms with Crippen LogP contribution in [0.15, 0.2) is 36.5 Å². The third kappa shape index (κ3) is 3.15. The minimum absolute atomic E-state index is 0.875. The average molecular weight is 308 g/mol. The number of imidazole rings is 1. The third-order valence-corrected chi connectivity index (χ3v) is 4.29. The molecule has 0 spiro atoms. The zero-order valence-electron chi connectivity index (χ0n) is 15.0. The first-order chi connectivity index (χ1) is 10.7. The summed E-state index contributed by atoms with van der Waals surface area (Å²) in [4.78, 5) is 4.95. The molecule has 0 saturated carbocycles. The molecule has 0 fully saturated rings. The zero-order valence-corrected chi connectivity index (χ0v) is 15.0. The fourth-order valence-corrected chi connectivity index (χ4v) is 2.92. The molecule has 0 saturated heterocycles. The fourth-order valence-electron chi connectivity index (χ4n) is 2.92. The Bertz CT molecular complexity index is 866. The Kier molecular flexibility index (Phi) is 3.77. The molecule has 3 rings (SSSR count). The first-order valence-corrected chi connectivity index (χ1v) is 8.10. The summed E-state index contributed by atoms with van der Waals surface area (Å²) in [5.74, 6) is 0. The predicted molar refractivity (Wildman–Crippen MR) is 96.6 cm³/mol. The Hall–Kier alpha value is -2.13. The van der Waals surface area contributed by atoms with Gasteiger partial charge in [0.25, 0.3) is 0 Å². The van der Waals surface area contributed by atoms with E-state index in [2.05, 4.69) is 82.8 Å². The first kappa shape index (κ1) is 15.8. The van der Waals surface area contributed by atoms with E-state index in [4.69, 9.17) is 4.98 Å². The number of benzene rings is 1. The van der Waals surface area contributed by atoms with Crippen molar-refractivity contribution in [3.63, 3.8) is 0 Å². The van der Waals surface area contributed by atoms with Gasteiger partial charge in [-0.05, 0) is 55.7 Å². The molecule has 3 heteroatoms. The summed E-state index contributed by atoms with van der Waals surface area (Å²) in [7, 11) is 6.66. The van der Waals surface area contributed by atoms with Crippen molar-refractivity contribution < 1.29 is 4.48 Å². The lowest BCUT2D eigenvalue weighted by atomic mass is 10.0. The molecule has 0 bridgehead atoms. The van der Waals surface area contributed by atoms with Gasteiger partial charge in [-0.2, -0.15) is 0 Å². The van der Waals surface area contributed by atoms with E-state index in [1.165, 1.54) is 27.9 Å². The number of hydrogen-bond donors (Lipinski definition) is 0. The first-order valence-electron chi connectivity index (χ1n) is 8.10. The van der Waals surface area contributed by atoms with Gasteiger partial charge in [-0.1, -0.05) is 12.1 Å². The van der Waals surface area contributed by atoms with E-state index in [-0.39, 0.29) is 0 Å². The summed E-state index contributed by atoms with van der Waals surface area (Å²) in [6.07, 6.45) is 2.15. The summed E-state index contributed by atoms with van der Waals surface area (Å²) < 4.78 is 3.11. The van der Waals surface area contributed by atoms with Crippen LogP contribution in [0.2, 0.25) is 0 Å². The number of fused-ring (bicyclic) bond motifs is 1. The van der Waals surface area contributed by atoms with Crippen molar-refractivity contribution in [2.24, 2.45) is 0 Å². The van der Waals surface area contributed by atoms with Gasteiger partial charge in [-0.15, -0.1) is 0 Å². The van der Waals surface area contributed by atoms with Gasteiger partial charge in [0, 0.05) is 11.8 Å². The predicted octanol–water partition coefficient (Wildman–Crippen LogP) is 4.13. The molecule has 0 N–H and O–H groups in total. The van der Waals surface area contributed by atoms with Gasteiger partial charge < -0.3 is 4.48 Å². The number of aryl methyl sites for hydroxylation is 3. The van der Waals surface area contributed by atoms with Crippen LogP contribution in [0.4, 0.5) is 0 Å². The van der Waals surface area contributed by atoms with Gasteiger partial charge in [-0.3, -0.25) is 4.40 Å². The maximum Gasteiger partial charge on any atom is 0.138 e. The van der Waals surface area contributed by atoms with Crippen LogP contribution in [0.25, 0.3) is 16.9 Å². The second-order valence-electron chi connectivity index (χ2n) is 7.59. The molecule has 0 aliphatic carbocycles. The van der Waals surface area contributed by atoms with Crippen molar-refractivity contribution >= 4 is 5.65 Å². The second kappa shape index (κ2) is 5.50. The van der Waals surface area contributed by atoms with Crippen LogP contribution in [0.5, 0.6) is 0 Å². The van der Waals surface area contributed by atoms with Crippen molar-refractivity contribution in [2.75, 3.05) is 21.1 Å². The number of aromatic nitrogens is 2. The van der Waals surface area contributed by atoms with Gasteiger partial charge in [0.1, 0.15) is 17.9 Å². The summed E-state index contributed by atoms with van der Waals surface area (Å²) >= 11 is 0. The largest absolute Gasteiger partial charge is 0.326 e. The van der Waals surface area contributed by atoms with E-state index in [9.17, 15) is 0 Å². The van der Waals surface area contributed by atoms with E-state index < -0.39 is 0 Å². The number of rotatable bonds is 3. The van der Waals surface area contributed by atoms with Crippen molar-refractivity contribution in [2.45, 2.75) is 27.3 Å². The highest BCUT2D eigenvalue weighted by Crippen LogP contribution is 2.28. The Labute approximate surface area is 138 Å². The van der Waals surface area contributed by atoms with Crippen LogP contribution in [0.3, 0.4) is 0 Å². The minimum Gasteiger partial charge on any atom is -0.326 e. The molecule has 0 unspecified atom stereocenters. The Morgan fingerprint density at radius 3 is 2.35 bits per heavy atom. The smallest absolute Gasteiger partial charge is 0.138 e. The van der Waals surface area contributed by atoms with E-state index in [0.717, 1.165) is 22.4 Å². The summed E-state index contributed by atoms with van der Waals surface area (Å²) in [6.45, 7) is 7.37. The molecular weight excluding hydrogens is 282 g/mol. The molecule has 2 heterocycles. The normalized spacial score (nSPS) is 12.1.